The quantitative estimate of drug-likeness (QED) is 0.749. The van der Waals surface area contributed by atoms with Crippen molar-refractivity contribution in [3.63, 3.8) is 0 Å². The number of nitrogens with zero attached hydrogens (tertiary/aromatic N) is 3. The molecule has 0 aliphatic heterocycles. The summed E-state index contributed by atoms with van der Waals surface area (Å²) in [4.78, 5) is 28.8. The van der Waals surface area contributed by atoms with Crippen LogP contribution in [0.4, 0.5) is 16.6 Å². The highest BCUT2D eigenvalue weighted by Crippen LogP contribution is 2.28. The van der Waals surface area contributed by atoms with Gasteiger partial charge in [0.15, 0.2) is 5.13 Å². The minimum atomic E-state index is -0.463. The van der Waals surface area contributed by atoms with E-state index in [2.05, 4.69) is 16.4 Å². The minimum Gasteiger partial charge on any atom is -0.384 e. The fourth-order valence-electron chi connectivity index (χ4n) is 2.72. The van der Waals surface area contributed by atoms with Gasteiger partial charge in [-0.3, -0.25) is 13.9 Å². The van der Waals surface area contributed by atoms with E-state index in [-0.39, 0.29) is 11.4 Å². The molecule has 25 heavy (non-hydrogen) atoms. The van der Waals surface area contributed by atoms with Crippen molar-refractivity contribution < 1.29 is 0 Å². The topological polar surface area (TPSA) is 94.9 Å². The Bertz CT molecular complexity index is 1060. The highest BCUT2D eigenvalue weighted by molar-refractivity contribution is 7.14. The van der Waals surface area contributed by atoms with E-state index in [0.29, 0.717) is 10.8 Å². The molecule has 3 rings (SSSR count). The molecule has 0 bridgehead atoms. The van der Waals surface area contributed by atoms with Gasteiger partial charge in [-0.2, -0.15) is 0 Å². The molecule has 0 atom stereocenters. The van der Waals surface area contributed by atoms with Gasteiger partial charge >= 0.3 is 5.69 Å². The molecule has 0 amide bonds. The molecule has 0 aliphatic carbocycles. The highest BCUT2D eigenvalue weighted by atomic mass is 32.1. The van der Waals surface area contributed by atoms with Gasteiger partial charge in [0.1, 0.15) is 11.4 Å². The lowest BCUT2D eigenvalue weighted by molar-refractivity contribution is 0.696. The summed E-state index contributed by atoms with van der Waals surface area (Å²) in [6.07, 6.45) is 0. The number of nitrogen functional groups attached to an aromatic ring is 1. The molecule has 3 N–H and O–H groups in total. The Morgan fingerprint density at radius 2 is 1.72 bits per heavy atom. The lowest BCUT2D eigenvalue weighted by atomic mass is 10.1. The maximum Gasteiger partial charge on any atom is 0.332 e. The van der Waals surface area contributed by atoms with Crippen molar-refractivity contribution in [3.8, 4) is 11.3 Å². The summed E-state index contributed by atoms with van der Waals surface area (Å²) < 4.78 is 2.27. The number of rotatable bonds is 3. The maximum absolute atomic E-state index is 12.4. The first-order chi connectivity index (χ1) is 11.8. The van der Waals surface area contributed by atoms with Crippen LogP contribution in [0.5, 0.6) is 0 Å². The molecule has 2 aromatic heterocycles. The first kappa shape index (κ1) is 17.0. The zero-order valence-electron chi connectivity index (χ0n) is 14.5. The monoisotopic (exact) mass is 357 g/mol. The van der Waals surface area contributed by atoms with Gasteiger partial charge in [0.2, 0.25) is 0 Å². The van der Waals surface area contributed by atoms with E-state index in [1.54, 1.807) is 5.38 Å². The van der Waals surface area contributed by atoms with Crippen LogP contribution in [0.1, 0.15) is 11.1 Å². The van der Waals surface area contributed by atoms with Crippen molar-refractivity contribution in [3.05, 3.63) is 55.5 Å². The number of nitrogens with two attached hydrogens (primary N) is 1. The maximum atomic E-state index is 12.4. The number of benzene rings is 1. The van der Waals surface area contributed by atoms with Gasteiger partial charge in [0.25, 0.3) is 5.56 Å². The molecule has 1 aromatic carbocycles. The average molecular weight is 357 g/mol. The lowest BCUT2D eigenvalue weighted by Crippen LogP contribution is -2.39. The number of aromatic nitrogens is 3. The van der Waals surface area contributed by atoms with Crippen molar-refractivity contribution in [2.45, 2.75) is 13.8 Å². The molecule has 2 heterocycles. The smallest absolute Gasteiger partial charge is 0.332 e. The Kier molecular flexibility index (Phi) is 4.22. The second kappa shape index (κ2) is 6.21. The number of thiazole rings is 1. The summed E-state index contributed by atoms with van der Waals surface area (Å²) in [5.74, 6) is 0.108. The van der Waals surface area contributed by atoms with Crippen LogP contribution in [-0.2, 0) is 14.1 Å². The summed E-state index contributed by atoms with van der Waals surface area (Å²) >= 11 is 1.37. The Hall–Kier alpha value is -2.87. The zero-order chi connectivity index (χ0) is 18.3. The van der Waals surface area contributed by atoms with E-state index >= 15 is 0 Å². The molecule has 0 aliphatic rings. The van der Waals surface area contributed by atoms with E-state index in [9.17, 15) is 9.59 Å². The van der Waals surface area contributed by atoms with Crippen molar-refractivity contribution >= 4 is 28.0 Å². The van der Waals surface area contributed by atoms with E-state index in [0.717, 1.165) is 21.4 Å². The molecule has 0 fully saturated rings. The van der Waals surface area contributed by atoms with Crippen LogP contribution in [-0.4, -0.2) is 14.1 Å². The van der Waals surface area contributed by atoms with Gasteiger partial charge in [-0.05, 0) is 37.1 Å². The van der Waals surface area contributed by atoms with Gasteiger partial charge < -0.3 is 11.1 Å². The fraction of sp³-hybridized carbons (Fsp3) is 0.235. The van der Waals surface area contributed by atoms with Crippen molar-refractivity contribution in [1.29, 1.82) is 0 Å². The average Bonchev–Trinajstić information content (AvgIpc) is 2.98. The molecular formula is C17H19N5O2S. The van der Waals surface area contributed by atoms with Gasteiger partial charge in [-0.15, -0.1) is 11.3 Å². The van der Waals surface area contributed by atoms with Crippen LogP contribution < -0.4 is 22.3 Å². The third-order valence-corrected chi connectivity index (χ3v) is 4.70. The SMILES string of the molecule is Cc1cc(C)cc(Nc2nc(-c3c(N)n(C)c(=O)n(C)c3=O)cs2)c1. The molecule has 3 aromatic rings. The van der Waals surface area contributed by atoms with Crippen molar-refractivity contribution in [1.82, 2.24) is 14.1 Å². The van der Waals surface area contributed by atoms with Crippen LogP contribution in [0.25, 0.3) is 11.3 Å². The van der Waals surface area contributed by atoms with Crippen LogP contribution in [0.2, 0.25) is 0 Å². The Labute approximate surface area is 148 Å². The Morgan fingerprint density at radius 3 is 2.36 bits per heavy atom. The van der Waals surface area contributed by atoms with Gasteiger partial charge in [0.05, 0.1) is 5.69 Å². The minimum absolute atomic E-state index is 0.108. The molecule has 7 nitrogen and oxygen atoms in total. The largest absolute Gasteiger partial charge is 0.384 e. The van der Waals surface area contributed by atoms with Gasteiger partial charge in [-0.25, -0.2) is 9.78 Å². The fourth-order valence-corrected chi connectivity index (χ4v) is 3.44. The normalized spacial score (nSPS) is 10.9. The first-order valence-electron chi connectivity index (χ1n) is 7.64. The first-order valence-corrected chi connectivity index (χ1v) is 8.52. The van der Waals surface area contributed by atoms with E-state index in [1.807, 2.05) is 26.0 Å². The molecule has 0 spiro atoms. The second-order valence-electron chi connectivity index (χ2n) is 6.01. The van der Waals surface area contributed by atoms with Crippen molar-refractivity contribution in [2.75, 3.05) is 11.1 Å². The predicted octanol–water partition coefficient (Wildman–Crippen LogP) is 2.15. The number of hydrogen-bond donors (Lipinski definition) is 2. The molecular weight excluding hydrogens is 338 g/mol. The molecule has 0 saturated carbocycles. The van der Waals surface area contributed by atoms with Crippen LogP contribution in [0.3, 0.4) is 0 Å². The molecule has 0 radical (unpaired) electrons. The third-order valence-electron chi connectivity index (χ3n) is 3.94. The summed E-state index contributed by atoms with van der Waals surface area (Å²) in [5.41, 5.74) is 8.97. The summed E-state index contributed by atoms with van der Waals surface area (Å²) in [6.45, 7) is 4.06. The summed E-state index contributed by atoms with van der Waals surface area (Å²) in [5, 5.41) is 5.65. The molecule has 130 valence electrons. The van der Waals surface area contributed by atoms with Gasteiger partial charge in [-0.1, -0.05) is 6.07 Å². The van der Waals surface area contributed by atoms with E-state index in [1.165, 1.54) is 30.0 Å². The highest BCUT2D eigenvalue weighted by Gasteiger charge is 2.17. The standard InChI is InChI=1S/C17H19N5O2S/c1-9-5-10(2)7-11(6-9)19-16-20-12(8-25-16)13-14(18)21(3)17(24)22(4)15(13)23/h5-8H,18H2,1-4H3,(H,19,20). The van der Waals surface area contributed by atoms with Crippen LogP contribution in [0.15, 0.2) is 33.2 Å². The summed E-state index contributed by atoms with van der Waals surface area (Å²) in [6, 6.07) is 6.13. The predicted molar refractivity (Wildman–Crippen MR) is 102 cm³/mol. The Balaban J connectivity index is 2.03. The lowest BCUT2D eigenvalue weighted by Gasteiger charge is -2.09. The van der Waals surface area contributed by atoms with E-state index in [4.69, 9.17) is 5.73 Å². The number of nitrogens with one attached hydrogen (secondary N) is 1. The number of anilines is 3. The van der Waals surface area contributed by atoms with Gasteiger partial charge in [0, 0.05) is 25.2 Å². The van der Waals surface area contributed by atoms with E-state index < -0.39 is 11.2 Å². The Morgan fingerprint density at radius 1 is 1.08 bits per heavy atom. The zero-order valence-corrected chi connectivity index (χ0v) is 15.3. The number of aryl methyl sites for hydroxylation is 2. The summed E-state index contributed by atoms with van der Waals surface area (Å²) in [7, 11) is 2.95. The number of hydrogen-bond acceptors (Lipinski definition) is 6. The van der Waals surface area contributed by atoms with Crippen molar-refractivity contribution in [2.24, 2.45) is 14.1 Å². The second-order valence-corrected chi connectivity index (χ2v) is 6.86. The van der Waals surface area contributed by atoms with Crippen LogP contribution >= 0.6 is 11.3 Å². The molecule has 0 saturated heterocycles. The molecule has 8 heteroatoms. The van der Waals surface area contributed by atoms with Crippen LogP contribution in [0, 0.1) is 13.8 Å². The third kappa shape index (κ3) is 3.08. The molecule has 0 unspecified atom stereocenters.